The van der Waals surface area contributed by atoms with Gasteiger partial charge in [0, 0.05) is 13.1 Å². The van der Waals surface area contributed by atoms with E-state index < -0.39 is 5.60 Å². The maximum absolute atomic E-state index is 12.0. The van der Waals surface area contributed by atoms with Crippen molar-refractivity contribution in [3.05, 3.63) is 24.3 Å². The first-order valence-corrected chi connectivity index (χ1v) is 8.00. The van der Waals surface area contributed by atoms with Gasteiger partial charge in [-0.2, -0.15) is 0 Å². The molecule has 2 N–H and O–H groups in total. The van der Waals surface area contributed by atoms with E-state index >= 15 is 0 Å². The number of benzene rings is 1. The standard InChI is InChI=1S/C15H19N3O2S/c1-2-7-15(20)9-18(10-15)8-13(19)17-14-16-11-5-3-4-6-12(11)21-14/h3-6,20H,2,7-10H2,1H3,(H,16,17,19). The van der Waals surface area contributed by atoms with Crippen molar-refractivity contribution >= 4 is 32.6 Å². The number of aromatic nitrogens is 1. The first-order chi connectivity index (χ1) is 10.1. The summed E-state index contributed by atoms with van der Waals surface area (Å²) in [4.78, 5) is 18.3. The third-order valence-corrected chi connectivity index (χ3v) is 4.61. The van der Waals surface area contributed by atoms with Crippen molar-refractivity contribution in [1.29, 1.82) is 0 Å². The summed E-state index contributed by atoms with van der Waals surface area (Å²) in [6.07, 6.45) is 1.76. The molecule has 0 bridgehead atoms. The van der Waals surface area contributed by atoms with Crippen LogP contribution < -0.4 is 5.32 Å². The number of nitrogens with one attached hydrogen (secondary N) is 1. The van der Waals surface area contributed by atoms with Crippen molar-refractivity contribution in [2.75, 3.05) is 25.0 Å². The molecular formula is C15H19N3O2S. The fraction of sp³-hybridized carbons (Fsp3) is 0.467. The van der Waals surface area contributed by atoms with E-state index in [-0.39, 0.29) is 5.91 Å². The van der Waals surface area contributed by atoms with Crippen molar-refractivity contribution in [3.8, 4) is 0 Å². The van der Waals surface area contributed by atoms with Crippen LogP contribution in [0.1, 0.15) is 19.8 Å². The number of hydrogen-bond donors (Lipinski definition) is 2. The molecule has 2 heterocycles. The van der Waals surface area contributed by atoms with Gasteiger partial charge in [-0.25, -0.2) is 4.98 Å². The van der Waals surface area contributed by atoms with Crippen molar-refractivity contribution in [1.82, 2.24) is 9.88 Å². The molecule has 112 valence electrons. The van der Waals surface area contributed by atoms with Crippen LogP contribution in [0, 0.1) is 0 Å². The molecule has 1 aliphatic rings. The van der Waals surface area contributed by atoms with Crippen LogP contribution in [-0.4, -0.2) is 46.1 Å². The van der Waals surface area contributed by atoms with Crippen LogP contribution >= 0.6 is 11.3 Å². The number of fused-ring (bicyclic) bond motifs is 1. The number of para-hydroxylation sites is 1. The number of amides is 1. The topological polar surface area (TPSA) is 65.5 Å². The number of carbonyl (C=O) groups is 1. The lowest BCUT2D eigenvalue weighted by Crippen LogP contribution is -2.62. The van der Waals surface area contributed by atoms with E-state index in [0.29, 0.717) is 24.8 Å². The van der Waals surface area contributed by atoms with Crippen molar-refractivity contribution in [2.45, 2.75) is 25.4 Å². The Morgan fingerprint density at radius 1 is 1.48 bits per heavy atom. The van der Waals surface area contributed by atoms with Gasteiger partial charge in [-0.1, -0.05) is 36.8 Å². The van der Waals surface area contributed by atoms with Gasteiger partial charge in [0.15, 0.2) is 5.13 Å². The number of likely N-dealkylation sites (tertiary alicyclic amines) is 1. The lowest BCUT2D eigenvalue weighted by molar-refractivity contribution is -0.129. The first-order valence-electron chi connectivity index (χ1n) is 7.18. The van der Waals surface area contributed by atoms with E-state index in [1.54, 1.807) is 0 Å². The van der Waals surface area contributed by atoms with Crippen LogP contribution in [0.15, 0.2) is 24.3 Å². The van der Waals surface area contributed by atoms with Crippen LogP contribution in [0.3, 0.4) is 0 Å². The third-order valence-electron chi connectivity index (χ3n) is 3.66. The molecule has 2 aromatic rings. The van der Waals surface area contributed by atoms with Crippen LogP contribution in [0.4, 0.5) is 5.13 Å². The summed E-state index contributed by atoms with van der Waals surface area (Å²) < 4.78 is 1.06. The number of nitrogens with zero attached hydrogens (tertiary/aromatic N) is 2. The lowest BCUT2D eigenvalue weighted by Gasteiger charge is -2.46. The summed E-state index contributed by atoms with van der Waals surface area (Å²) in [6.45, 7) is 3.52. The summed E-state index contributed by atoms with van der Waals surface area (Å²) in [5.41, 5.74) is 0.310. The molecule has 1 aromatic carbocycles. The number of aliphatic hydroxyl groups is 1. The number of carbonyl (C=O) groups excluding carboxylic acids is 1. The molecule has 0 aliphatic carbocycles. The number of anilines is 1. The SMILES string of the molecule is CCCC1(O)CN(CC(=O)Nc2nc3ccccc3s2)C1. The Bertz CT molecular complexity index is 616. The summed E-state index contributed by atoms with van der Waals surface area (Å²) in [5, 5.41) is 13.6. The molecule has 1 amide bonds. The molecule has 21 heavy (non-hydrogen) atoms. The number of β-amino-alcohol motifs (C(OH)–C–C–N with tert-alkyl or cyclic N) is 1. The second kappa shape index (κ2) is 5.71. The predicted molar refractivity (Wildman–Crippen MR) is 84.5 cm³/mol. The minimum Gasteiger partial charge on any atom is -0.387 e. The summed E-state index contributed by atoms with van der Waals surface area (Å²) in [7, 11) is 0. The quantitative estimate of drug-likeness (QED) is 0.887. The van der Waals surface area contributed by atoms with Gasteiger partial charge in [0.2, 0.25) is 5.91 Å². The maximum atomic E-state index is 12.0. The average Bonchev–Trinajstić information content (AvgIpc) is 2.79. The highest BCUT2D eigenvalue weighted by Gasteiger charge is 2.40. The van der Waals surface area contributed by atoms with Crippen molar-refractivity contribution in [2.24, 2.45) is 0 Å². The lowest BCUT2D eigenvalue weighted by atomic mass is 9.89. The molecular weight excluding hydrogens is 286 g/mol. The monoisotopic (exact) mass is 305 g/mol. The molecule has 5 nitrogen and oxygen atoms in total. The number of rotatable bonds is 5. The Kier molecular flexibility index (Phi) is 3.93. The van der Waals surface area contributed by atoms with E-state index in [0.717, 1.165) is 23.1 Å². The summed E-state index contributed by atoms with van der Waals surface area (Å²) in [5.74, 6) is -0.0763. The Balaban J connectivity index is 1.53. The second-order valence-electron chi connectivity index (χ2n) is 5.65. The first kappa shape index (κ1) is 14.4. The molecule has 0 spiro atoms. The van der Waals surface area contributed by atoms with Gasteiger partial charge in [0.05, 0.1) is 22.4 Å². The van der Waals surface area contributed by atoms with Crippen molar-refractivity contribution in [3.63, 3.8) is 0 Å². The average molecular weight is 305 g/mol. The zero-order valence-corrected chi connectivity index (χ0v) is 12.8. The highest BCUT2D eigenvalue weighted by molar-refractivity contribution is 7.22. The van der Waals surface area contributed by atoms with Gasteiger partial charge >= 0.3 is 0 Å². The number of thiazole rings is 1. The third kappa shape index (κ3) is 3.23. The number of hydrogen-bond acceptors (Lipinski definition) is 5. The minimum absolute atomic E-state index is 0.0763. The largest absolute Gasteiger partial charge is 0.387 e. The van der Waals surface area contributed by atoms with E-state index in [1.165, 1.54) is 11.3 Å². The van der Waals surface area contributed by atoms with Gasteiger partial charge in [0.1, 0.15) is 0 Å². The molecule has 6 heteroatoms. The molecule has 1 fully saturated rings. The molecule has 0 unspecified atom stereocenters. The van der Waals surface area contributed by atoms with E-state index in [4.69, 9.17) is 0 Å². The zero-order chi connectivity index (χ0) is 14.9. The highest BCUT2D eigenvalue weighted by atomic mass is 32.1. The Hall–Kier alpha value is -1.50. The molecule has 1 aromatic heterocycles. The molecule has 0 atom stereocenters. The van der Waals surface area contributed by atoms with Crippen LogP contribution in [0.2, 0.25) is 0 Å². The van der Waals surface area contributed by atoms with Crippen molar-refractivity contribution < 1.29 is 9.90 Å². The van der Waals surface area contributed by atoms with Gasteiger partial charge in [-0.15, -0.1) is 0 Å². The normalized spacial score (nSPS) is 17.6. The predicted octanol–water partition coefficient (Wildman–Crippen LogP) is 2.08. The fourth-order valence-corrected chi connectivity index (χ4v) is 3.69. The molecule has 1 saturated heterocycles. The Morgan fingerprint density at radius 3 is 2.95 bits per heavy atom. The van der Waals surface area contributed by atoms with Gasteiger partial charge in [-0.05, 0) is 18.6 Å². The highest BCUT2D eigenvalue weighted by Crippen LogP contribution is 2.27. The fourth-order valence-electron chi connectivity index (χ4n) is 2.81. The van der Waals surface area contributed by atoms with E-state index in [9.17, 15) is 9.90 Å². The van der Waals surface area contributed by atoms with E-state index in [2.05, 4.69) is 17.2 Å². The minimum atomic E-state index is -0.592. The van der Waals surface area contributed by atoms with Crippen LogP contribution in [0.25, 0.3) is 10.2 Å². The van der Waals surface area contributed by atoms with Crippen LogP contribution in [0.5, 0.6) is 0 Å². The molecule has 3 rings (SSSR count). The van der Waals surface area contributed by atoms with Gasteiger partial charge < -0.3 is 10.4 Å². The zero-order valence-electron chi connectivity index (χ0n) is 12.0. The van der Waals surface area contributed by atoms with E-state index in [1.807, 2.05) is 29.2 Å². The molecule has 0 saturated carbocycles. The molecule has 1 aliphatic heterocycles. The Morgan fingerprint density at radius 2 is 2.24 bits per heavy atom. The second-order valence-corrected chi connectivity index (χ2v) is 6.69. The Labute approximate surface area is 127 Å². The summed E-state index contributed by atoms with van der Waals surface area (Å²) >= 11 is 1.48. The van der Waals surface area contributed by atoms with Crippen LogP contribution in [-0.2, 0) is 4.79 Å². The van der Waals surface area contributed by atoms with Gasteiger partial charge in [-0.3, -0.25) is 9.69 Å². The summed E-state index contributed by atoms with van der Waals surface area (Å²) in [6, 6.07) is 7.81. The van der Waals surface area contributed by atoms with Gasteiger partial charge in [0.25, 0.3) is 0 Å². The molecule has 0 radical (unpaired) electrons. The maximum Gasteiger partial charge on any atom is 0.240 e. The smallest absolute Gasteiger partial charge is 0.240 e.